The van der Waals surface area contributed by atoms with Gasteiger partial charge in [-0.15, -0.1) is 0 Å². The predicted molar refractivity (Wildman–Crippen MR) is 108 cm³/mol. The van der Waals surface area contributed by atoms with Gasteiger partial charge in [-0.25, -0.2) is 4.79 Å². The topological polar surface area (TPSA) is 72.1 Å². The van der Waals surface area contributed by atoms with Gasteiger partial charge in [0.1, 0.15) is 23.4 Å². The van der Waals surface area contributed by atoms with E-state index in [2.05, 4.69) is 17.9 Å². The number of nitrogens with zero attached hydrogens (tertiary/aromatic N) is 1. The highest BCUT2D eigenvalue weighted by Gasteiger charge is 2.42. The van der Waals surface area contributed by atoms with Crippen molar-refractivity contribution in [2.75, 3.05) is 20.2 Å². The lowest BCUT2D eigenvalue weighted by molar-refractivity contribution is -0.0231. The van der Waals surface area contributed by atoms with E-state index in [0.29, 0.717) is 23.1 Å². The Morgan fingerprint density at radius 3 is 2.48 bits per heavy atom. The minimum Gasteiger partial charge on any atom is -0.488 e. The number of esters is 1. The third-order valence-electron chi connectivity index (χ3n) is 6.32. The van der Waals surface area contributed by atoms with Crippen LogP contribution in [0.4, 0.5) is 0 Å². The number of fused-ring (bicyclic) bond motifs is 1. The maximum Gasteiger partial charge on any atom is 0.337 e. The fourth-order valence-electron chi connectivity index (χ4n) is 4.65. The van der Waals surface area contributed by atoms with Crippen LogP contribution in [0.25, 0.3) is 0 Å². The first-order valence-corrected chi connectivity index (χ1v) is 10.2. The molecule has 2 aliphatic rings. The van der Waals surface area contributed by atoms with Crippen molar-refractivity contribution in [3.8, 4) is 5.75 Å². The minimum atomic E-state index is -0.482. The summed E-state index contributed by atoms with van der Waals surface area (Å²) in [6, 6.07) is 9.00. The number of aliphatic hydroxyl groups is 1. The molecular formula is C23H29NO5. The number of benzene rings is 1. The Kier molecular flexibility index (Phi) is 5.65. The Morgan fingerprint density at radius 2 is 1.86 bits per heavy atom. The van der Waals surface area contributed by atoms with Crippen LogP contribution in [-0.2, 0) is 11.3 Å². The molecule has 1 aliphatic carbocycles. The molecule has 29 heavy (non-hydrogen) atoms. The van der Waals surface area contributed by atoms with Crippen molar-refractivity contribution in [2.24, 2.45) is 11.8 Å². The predicted octanol–water partition coefficient (Wildman–Crippen LogP) is 3.33. The minimum absolute atomic E-state index is 0.228. The summed E-state index contributed by atoms with van der Waals surface area (Å²) in [7, 11) is 1.36. The van der Waals surface area contributed by atoms with Crippen LogP contribution in [0, 0.1) is 25.7 Å². The molecule has 156 valence electrons. The summed E-state index contributed by atoms with van der Waals surface area (Å²) in [5, 5.41) is 10.6. The lowest BCUT2D eigenvalue weighted by Crippen LogP contribution is -2.42. The van der Waals surface area contributed by atoms with E-state index in [1.165, 1.54) is 12.7 Å². The zero-order valence-electron chi connectivity index (χ0n) is 17.3. The second kappa shape index (κ2) is 8.20. The number of hydrogen-bond donors (Lipinski definition) is 1. The molecule has 2 fully saturated rings. The van der Waals surface area contributed by atoms with Gasteiger partial charge < -0.3 is 19.0 Å². The van der Waals surface area contributed by atoms with Crippen molar-refractivity contribution in [3.05, 3.63) is 53.0 Å². The molecule has 1 aromatic carbocycles. The Morgan fingerprint density at radius 1 is 1.17 bits per heavy atom. The molecule has 4 atom stereocenters. The largest absolute Gasteiger partial charge is 0.488 e. The third kappa shape index (κ3) is 4.33. The van der Waals surface area contributed by atoms with E-state index < -0.39 is 6.10 Å². The molecule has 6 heteroatoms. The number of methoxy groups -OCH3 is 1. The number of hydrogen-bond acceptors (Lipinski definition) is 6. The highest BCUT2D eigenvalue weighted by atomic mass is 16.5. The van der Waals surface area contributed by atoms with E-state index in [1.54, 1.807) is 24.3 Å². The fourth-order valence-corrected chi connectivity index (χ4v) is 4.65. The van der Waals surface area contributed by atoms with Crippen molar-refractivity contribution in [1.29, 1.82) is 0 Å². The number of aryl methyl sites for hydroxylation is 2. The first-order valence-electron chi connectivity index (χ1n) is 10.2. The van der Waals surface area contributed by atoms with Crippen LogP contribution in [0.2, 0.25) is 0 Å². The molecule has 4 rings (SSSR count). The van der Waals surface area contributed by atoms with Crippen molar-refractivity contribution < 1.29 is 23.8 Å². The number of furan rings is 1. The number of ether oxygens (including phenoxy) is 2. The van der Waals surface area contributed by atoms with Gasteiger partial charge in [-0.2, -0.15) is 0 Å². The van der Waals surface area contributed by atoms with E-state index in [4.69, 9.17) is 13.9 Å². The molecule has 1 aromatic heterocycles. The highest BCUT2D eigenvalue weighted by Crippen LogP contribution is 2.38. The van der Waals surface area contributed by atoms with Gasteiger partial charge in [0.15, 0.2) is 0 Å². The highest BCUT2D eigenvalue weighted by molar-refractivity contribution is 5.89. The number of carbonyl (C=O) groups is 1. The number of likely N-dealkylation sites (tertiary alicyclic amines) is 1. The monoisotopic (exact) mass is 399 g/mol. The number of aliphatic hydroxyl groups excluding tert-OH is 1. The Hall–Kier alpha value is -2.31. The van der Waals surface area contributed by atoms with Gasteiger partial charge in [0.05, 0.1) is 25.3 Å². The standard InChI is InChI=1S/C23H29NO5/c1-14-8-20(28-15(14)2)13-24-11-17-9-21(25)22(10-18(17)12-24)29-19-6-4-16(5-7-19)23(26)27-3/h4-8,17-18,21-22,25H,9-13H2,1-3H3/t17-,18+,21+,22+/m0/s1. The quantitative estimate of drug-likeness (QED) is 0.778. The molecular weight excluding hydrogens is 370 g/mol. The smallest absolute Gasteiger partial charge is 0.337 e. The van der Waals surface area contributed by atoms with Crippen molar-refractivity contribution in [2.45, 2.75) is 45.4 Å². The average Bonchev–Trinajstić information content (AvgIpc) is 3.23. The van der Waals surface area contributed by atoms with Crippen LogP contribution >= 0.6 is 0 Å². The second-order valence-corrected chi connectivity index (χ2v) is 8.38. The molecule has 0 radical (unpaired) electrons. The molecule has 2 aromatic rings. The third-order valence-corrected chi connectivity index (χ3v) is 6.32. The van der Waals surface area contributed by atoms with Crippen LogP contribution in [-0.4, -0.2) is 48.4 Å². The SMILES string of the molecule is COC(=O)c1ccc(O[C@@H]2C[C@@H]3CN(Cc4cc(C)c(C)o4)C[C@@H]3C[C@H]2O)cc1. The summed E-state index contributed by atoms with van der Waals surface area (Å²) >= 11 is 0. The van der Waals surface area contributed by atoms with Gasteiger partial charge in [0.25, 0.3) is 0 Å². The molecule has 1 aliphatic heterocycles. The summed E-state index contributed by atoms with van der Waals surface area (Å²) in [6.07, 6.45) is 0.873. The maximum atomic E-state index is 11.6. The van der Waals surface area contributed by atoms with Crippen LogP contribution in [0.3, 0.4) is 0 Å². The molecule has 6 nitrogen and oxygen atoms in total. The Balaban J connectivity index is 1.36. The van der Waals surface area contributed by atoms with Crippen LogP contribution in [0.15, 0.2) is 34.7 Å². The van der Waals surface area contributed by atoms with Gasteiger partial charge in [-0.3, -0.25) is 4.90 Å². The Bertz CT molecular complexity index is 839. The van der Waals surface area contributed by atoms with Crippen molar-refractivity contribution in [1.82, 2.24) is 4.90 Å². The van der Waals surface area contributed by atoms with E-state index in [1.807, 2.05) is 6.92 Å². The first-order chi connectivity index (χ1) is 13.9. The normalized spacial score (nSPS) is 26.9. The van der Waals surface area contributed by atoms with Crippen molar-refractivity contribution >= 4 is 5.97 Å². The second-order valence-electron chi connectivity index (χ2n) is 8.38. The first kappa shape index (κ1) is 20.0. The summed E-state index contributed by atoms with van der Waals surface area (Å²) in [5.41, 5.74) is 1.68. The van der Waals surface area contributed by atoms with Crippen LogP contribution < -0.4 is 4.74 Å². The van der Waals surface area contributed by atoms with E-state index in [0.717, 1.165) is 44.0 Å². The molecule has 0 amide bonds. The molecule has 0 unspecified atom stereocenters. The lowest BCUT2D eigenvalue weighted by atomic mass is 9.78. The molecule has 0 bridgehead atoms. The zero-order valence-corrected chi connectivity index (χ0v) is 17.3. The van der Waals surface area contributed by atoms with Crippen LogP contribution in [0.5, 0.6) is 5.75 Å². The maximum absolute atomic E-state index is 11.6. The lowest BCUT2D eigenvalue weighted by Gasteiger charge is -2.35. The number of carbonyl (C=O) groups excluding carboxylic acids is 1. The molecule has 0 spiro atoms. The summed E-state index contributed by atoms with van der Waals surface area (Å²) in [6.45, 7) is 6.87. The average molecular weight is 399 g/mol. The van der Waals surface area contributed by atoms with E-state index >= 15 is 0 Å². The van der Waals surface area contributed by atoms with Gasteiger partial charge in [-0.1, -0.05) is 0 Å². The van der Waals surface area contributed by atoms with Gasteiger partial charge >= 0.3 is 5.97 Å². The molecule has 1 saturated heterocycles. The molecule has 2 heterocycles. The van der Waals surface area contributed by atoms with Gasteiger partial charge in [-0.05, 0) is 74.4 Å². The number of rotatable bonds is 5. The summed E-state index contributed by atoms with van der Waals surface area (Å²) < 4.78 is 16.6. The fraction of sp³-hybridized carbons (Fsp3) is 0.522. The Labute approximate surface area is 171 Å². The van der Waals surface area contributed by atoms with Gasteiger partial charge in [0, 0.05) is 13.1 Å². The summed E-state index contributed by atoms with van der Waals surface area (Å²) in [4.78, 5) is 14.0. The van der Waals surface area contributed by atoms with E-state index in [-0.39, 0.29) is 12.1 Å². The van der Waals surface area contributed by atoms with Gasteiger partial charge in [0.2, 0.25) is 0 Å². The van der Waals surface area contributed by atoms with Crippen molar-refractivity contribution in [3.63, 3.8) is 0 Å². The molecule has 1 N–H and O–H groups in total. The summed E-state index contributed by atoms with van der Waals surface area (Å²) in [5.74, 6) is 3.29. The van der Waals surface area contributed by atoms with E-state index in [9.17, 15) is 9.90 Å². The zero-order chi connectivity index (χ0) is 20.5. The molecule has 1 saturated carbocycles. The van der Waals surface area contributed by atoms with Crippen LogP contribution in [0.1, 0.15) is 40.3 Å².